The molecule has 0 aromatic carbocycles. The molecule has 1 saturated heterocycles. The second-order valence-electron chi connectivity index (χ2n) is 6.01. The van der Waals surface area contributed by atoms with E-state index in [4.69, 9.17) is 15.9 Å². The Bertz CT molecular complexity index is 699. The first-order chi connectivity index (χ1) is 9.34. The third-order valence-corrected chi connectivity index (χ3v) is 4.14. The molecule has 1 aliphatic rings. The molecule has 0 saturated carbocycles. The number of aromatic nitrogens is 2. The van der Waals surface area contributed by atoms with Crippen molar-refractivity contribution >= 4 is 23.9 Å². The van der Waals surface area contributed by atoms with E-state index < -0.39 is 7.12 Å². The lowest BCUT2D eigenvalue weighted by Gasteiger charge is -2.32. The summed E-state index contributed by atoms with van der Waals surface area (Å²) in [6.07, 6.45) is 1.55. The molecule has 2 aromatic rings. The maximum absolute atomic E-state index is 7.02. The highest BCUT2D eigenvalue weighted by Crippen LogP contribution is 2.36. The van der Waals surface area contributed by atoms with Crippen LogP contribution >= 0.6 is 0 Å². The molecule has 6 heteroatoms. The highest BCUT2D eigenvalue weighted by Gasteiger charge is 2.52. The normalized spacial score (nSPS) is 20.2. The van der Waals surface area contributed by atoms with Gasteiger partial charge in [0, 0.05) is 0 Å². The van der Waals surface area contributed by atoms with E-state index in [1.54, 1.807) is 16.8 Å². The summed E-state index contributed by atoms with van der Waals surface area (Å²) >= 11 is 0. The first-order valence-electron chi connectivity index (χ1n) is 6.55. The van der Waals surface area contributed by atoms with Crippen molar-refractivity contribution in [2.45, 2.75) is 38.9 Å². The highest BCUT2D eigenvalue weighted by molar-refractivity contribution is 6.61. The van der Waals surface area contributed by atoms with Gasteiger partial charge in [0.15, 0.2) is 0 Å². The zero-order valence-electron chi connectivity index (χ0n) is 12.0. The second-order valence-corrected chi connectivity index (χ2v) is 6.01. The van der Waals surface area contributed by atoms with Crippen LogP contribution in [0, 0.1) is 6.57 Å². The van der Waals surface area contributed by atoms with Crippen LogP contribution in [0.1, 0.15) is 27.7 Å². The molecule has 1 aliphatic heterocycles. The van der Waals surface area contributed by atoms with Gasteiger partial charge in [0.05, 0.1) is 35.1 Å². The zero-order chi connectivity index (χ0) is 14.5. The molecule has 0 spiro atoms. The van der Waals surface area contributed by atoms with E-state index in [1.165, 1.54) is 0 Å². The van der Waals surface area contributed by atoms with Crippen LogP contribution in [0.2, 0.25) is 0 Å². The first-order valence-corrected chi connectivity index (χ1v) is 6.55. The van der Waals surface area contributed by atoms with Crippen LogP contribution in [0.5, 0.6) is 0 Å². The fourth-order valence-electron chi connectivity index (χ4n) is 2.21. The number of fused-ring (bicyclic) bond motifs is 1. The fraction of sp³-hybridized carbons (Fsp3) is 0.429. The van der Waals surface area contributed by atoms with Gasteiger partial charge in [-0.2, -0.15) is 5.10 Å². The molecule has 0 aliphatic carbocycles. The van der Waals surface area contributed by atoms with Crippen molar-refractivity contribution < 1.29 is 9.31 Å². The van der Waals surface area contributed by atoms with E-state index in [-0.39, 0.29) is 11.2 Å². The minimum atomic E-state index is -0.450. The van der Waals surface area contributed by atoms with Gasteiger partial charge in [-0.05, 0) is 45.9 Å². The summed E-state index contributed by atoms with van der Waals surface area (Å²) in [6.45, 7) is 15.1. The number of hydrogen-bond acceptors (Lipinski definition) is 3. The number of rotatable bonds is 1. The van der Waals surface area contributed by atoms with Crippen LogP contribution in [0.15, 0.2) is 24.4 Å². The third-order valence-electron chi connectivity index (χ3n) is 4.14. The van der Waals surface area contributed by atoms with Crippen LogP contribution in [0.25, 0.3) is 10.4 Å². The van der Waals surface area contributed by atoms with E-state index in [2.05, 4.69) is 9.94 Å². The summed E-state index contributed by atoms with van der Waals surface area (Å²) in [4.78, 5) is 3.39. The van der Waals surface area contributed by atoms with Crippen LogP contribution in [0.3, 0.4) is 0 Å². The molecule has 0 bridgehead atoms. The molecule has 2 aromatic heterocycles. The van der Waals surface area contributed by atoms with Gasteiger partial charge in [0.25, 0.3) is 0 Å². The monoisotopic (exact) mass is 269 g/mol. The van der Waals surface area contributed by atoms with Crippen LogP contribution in [-0.2, 0) is 9.31 Å². The number of nitrogens with zero attached hydrogens (tertiary/aromatic N) is 3. The van der Waals surface area contributed by atoms with Crippen molar-refractivity contribution in [2.24, 2.45) is 0 Å². The van der Waals surface area contributed by atoms with Gasteiger partial charge in [-0.25, -0.2) is 9.36 Å². The van der Waals surface area contributed by atoms with Crippen molar-refractivity contribution in [1.82, 2.24) is 9.61 Å². The minimum absolute atomic E-state index is 0.377. The molecule has 0 atom stereocenters. The fourth-order valence-corrected chi connectivity index (χ4v) is 2.21. The quantitative estimate of drug-likeness (QED) is 0.588. The zero-order valence-corrected chi connectivity index (χ0v) is 12.0. The molecule has 0 N–H and O–H groups in total. The summed E-state index contributed by atoms with van der Waals surface area (Å²) in [6, 6.07) is 5.65. The lowest BCUT2D eigenvalue weighted by Crippen LogP contribution is -2.41. The van der Waals surface area contributed by atoms with Crippen molar-refractivity contribution in [3.63, 3.8) is 0 Å². The van der Waals surface area contributed by atoms with E-state index >= 15 is 0 Å². The maximum Gasteiger partial charge on any atom is 0.514 e. The average molecular weight is 269 g/mol. The van der Waals surface area contributed by atoms with Crippen molar-refractivity contribution in [2.75, 3.05) is 0 Å². The molecule has 0 amide bonds. The van der Waals surface area contributed by atoms with Crippen LogP contribution in [-0.4, -0.2) is 27.9 Å². The Balaban J connectivity index is 2.03. The Hall–Kier alpha value is -1.84. The van der Waals surface area contributed by atoms with Crippen LogP contribution < -0.4 is 5.59 Å². The smallest absolute Gasteiger partial charge is 0.398 e. The van der Waals surface area contributed by atoms with E-state index in [1.807, 2.05) is 39.8 Å². The van der Waals surface area contributed by atoms with E-state index in [9.17, 15) is 0 Å². The van der Waals surface area contributed by atoms with E-state index in [0.29, 0.717) is 5.69 Å². The van der Waals surface area contributed by atoms with Gasteiger partial charge in [0.2, 0.25) is 5.69 Å². The summed E-state index contributed by atoms with van der Waals surface area (Å²) in [5.41, 5.74) is 1.48. The minimum Gasteiger partial charge on any atom is -0.398 e. The van der Waals surface area contributed by atoms with E-state index in [0.717, 1.165) is 11.1 Å². The van der Waals surface area contributed by atoms with Gasteiger partial charge in [0.1, 0.15) is 0 Å². The van der Waals surface area contributed by atoms with Gasteiger partial charge < -0.3 is 9.31 Å². The summed E-state index contributed by atoms with van der Waals surface area (Å²) in [5, 5.41) is 4.29. The SMILES string of the molecule is [C-]#[N+]c1cnn2c(B3OC(C)(C)C(C)(C)O3)ccc2c1. The lowest BCUT2D eigenvalue weighted by molar-refractivity contribution is 0.00578. The molecule has 0 unspecified atom stereocenters. The molecular formula is C14H16BN3O2. The maximum atomic E-state index is 7.02. The molecule has 20 heavy (non-hydrogen) atoms. The van der Waals surface area contributed by atoms with Crippen LogP contribution in [0.4, 0.5) is 5.69 Å². The summed E-state index contributed by atoms with van der Waals surface area (Å²) < 4.78 is 13.8. The first kappa shape index (κ1) is 13.2. The van der Waals surface area contributed by atoms with Gasteiger partial charge in [-0.3, -0.25) is 0 Å². The highest BCUT2D eigenvalue weighted by atomic mass is 16.7. The molecule has 0 radical (unpaired) electrons. The Morgan fingerprint density at radius 1 is 1.20 bits per heavy atom. The molecule has 1 fully saturated rings. The third kappa shape index (κ3) is 1.82. The largest absolute Gasteiger partial charge is 0.514 e. The predicted molar refractivity (Wildman–Crippen MR) is 77.2 cm³/mol. The average Bonchev–Trinajstić information content (AvgIpc) is 2.87. The Kier molecular flexibility index (Phi) is 2.68. The lowest BCUT2D eigenvalue weighted by atomic mass is 9.85. The summed E-state index contributed by atoms with van der Waals surface area (Å²) in [5.74, 6) is 0. The van der Waals surface area contributed by atoms with Crippen molar-refractivity contribution in [3.05, 3.63) is 35.8 Å². The molecule has 3 heterocycles. The van der Waals surface area contributed by atoms with Gasteiger partial charge in [-0.1, -0.05) is 0 Å². The second kappa shape index (κ2) is 4.08. The van der Waals surface area contributed by atoms with Crippen molar-refractivity contribution in [1.29, 1.82) is 0 Å². The topological polar surface area (TPSA) is 40.1 Å². The Labute approximate surface area is 118 Å². The van der Waals surface area contributed by atoms with Gasteiger partial charge in [-0.15, -0.1) is 0 Å². The Morgan fingerprint density at radius 2 is 1.85 bits per heavy atom. The Morgan fingerprint density at radius 3 is 2.45 bits per heavy atom. The van der Waals surface area contributed by atoms with Gasteiger partial charge >= 0.3 is 7.12 Å². The standard InChI is InChI=1S/C14H16BN3O2/c1-13(2)14(3,4)20-15(19-13)12-7-6-11-8-10(16-5)9-17-18(11)12/h6-9H,1-4H3. The molecule has 5 nitrogen and oxygen atoms in total. The number of hydrogen-bond donors (Lipinski definition) is 0. The van der Waals surface area contributed by atoms with Crippen molar-refractivity contribution in [3.8, 4) is 0 Å². The molecular weight excluding hydrogens is 253 g/mol. The molecule has 3 rings (SSSR count). The predicted octanol–water partition coefficient (Wildman–Crippen LogP) is 2.18. The molecule has 102 valence electrons. The summed E-state index contributed by atoms with van der Waals surface area (Å²) in [7, 11) is -0.450.